The molecule has 2 aromatic rings. The first-order chi connectivity index (χ1) is 19.1. The van der Waals surface area contributed by atoms with Gasteiger partial charge in [0, 0.05) is 48.8 Å². The molecular weight excluding hydrogens is 504 g/mol. The quantitative estimate of drug-likeness (QED) is 0.285. The molecule has 2 rings (SSSR count). The van der Waals surface area contributed by atoms with Crippen LogP contribution in [-0.4, -0.2) is 61.4 Å². The van der Waals surface area contributed by atoms with E-state index in [4.69, 9.17) is 10.5 Å². The van der Waals surface area contributed by atoms with E-state index in [1.807, 2.05) is 63.8 Å². The molecular formula is C32H48N4O4. The van der Waals surface area contributed by atoms with Gasteiger partial charge in [0.05, 0.1) is 7.11 Å². The number of hydrogen-bond donors (Lipinski definition) is 3. The van der Waals surface area contributed by atoms with Crippen molar-refractivity contribution in [3.05, 3.63) is 65.2 Å². The predicted octanol–water partition coefficient (Wildman–Crippen LogP) is 4.42. The van der Waals surface area contributed by atoms with E-state index in [9.17, 15) is 14.4 Å². The fourth-order valence-corrected chi connectivity index (χ4v) is 4.57. The molecule has 4 N–H and O–H groups in total. The molecule has 3 atom stereocenters. The minimum atomic E-state index is -0.472. The average molecular weight is 553 g/mol. The van der Waals surface area contributed by atoms with Gasteiger partial charge in [0.25, 0.3) is 11.8 Å². The Balaban J connectivity index is 2.24. The summed E-state index contributed by atoms with van der Waals surface area (Å²) in [5.74, 6) is 0.349. The Labute approximate surface area is 240 Å². The fraction of sp³-hybridized carbons (Fsp3) is 0.531. The van der Waals surface area contributed by atoms with Crippen molar-refractivity contribution < 1.29 is 19.1 Å². The van der Waals surface area contributed by atoms with Gasteiger partial charge in [0.15, 0.2) is 0 Å². The van der Waals surface area contributed by atoms with Gasteiger partial charge in [0.1, 0.15) is 5.75 Å². The maximum atomic E-state index is 13.5. The Kier molecular flexibility index (Phi) is 13.7. The standard InChI is InChI=1S/C32H48N4O4/c1-7-16-36(17-8-2)32(39)26-11-9-10-25(20-26)31(38)35-29(19-24-12-14-27(40-6)15-13-24)28(33)18-23(5)30(37)34-21-22(3)4/h9-15,20,22-23,28-29H,7-8,16-19,21,33H2,1-6H3,(H,34,37)(H,35,38)/t23-,28+,29+/m1/s1. The molecule has 8 nitrogen and oxygen atoms in total. The number of ether oxygens (including phenoxy) is 1. The molecule has 0 unspecified atom stereocenters. The zero-order valence-electron chi connectivity index (χ0n) is 25.0. The molecule has 0 saturated carbocycles. The van der Waals surface area contributed by atoms with Gasteiger partial charge in [0.2, 0.25) is 5.91 Å². The number of carbonyl (C=O) groups excluding carboxylic acids is 3. The van der Waals surface area contributed by atoms with Gasteiger partial charge < -0.3 is 26.0 Å². The molecule has 0 aliphatic carbocycles. The first-order valence-electron chi connectivity index (χ1n) is 14.5. The summed E-state index contributed by atoms with van der Waals surface area (Å²) in [6.07, 6.45) is 2.62. The third kappa shape index (κ3) is 10.3. The van der Waals surface area contributed by atoms with Gasteiger partial charge in [-0.3, -0.25) is 14.4 Å². The third-order valence-electron chi connectivity index (χ3n) is 6.85. The van der Waals surface area contributed by atoms with Crippen LogP contribution in [0.1, 0.15) is 80.2 Å². The van der Waals surface area contributed by atoms with Gasteiger partial charge in [-0.2, -0.15) is 0 Å². The number of carbonyl (C=O) groups is 3. The Morgan fingerprint density at radius 3 is 2.15 bits per heavy atom. The Bertz CT molecular complexity index is 1080. The van der Waals surface area contributed by atoms with Crippen LogP contribution in [0.15, 0.2) is 48.5 Å². The van der Waals surface area contributed by atoms with Crippen molar-refractivity contribution in [3.63, 3.8) is 0 Å². The third-order valence-corrected chi connectivity index (χ3v) is 6.85. The van der Waals surface area contributed by atoms with E-state index in [-0.39, 0.29) is 23.6 Å². The van der Waals surface area contributed by atoms with Crippen LogP contribution in [0.2, 0.25) is 0 Å². The van der Waals surface area contributed by atoms with E-state index in [0.29, 0.717) is 49.5 Å². The number of methoxy groups -OCH3 is 1. The molecule has 8 heteroatoms. The minimum Gasteiger partial charge on any atom is -0.497 e. The molecule has 40 heavy (non-hydrogen) atoms. The summed E-state index contributed by atoms with van der Waals surface area (Å²) < 4.78 is 5.27. The zero-order chi connectivity index (χ0) is 29.7. The highest BCUT2D eigenvalue weighted by atomic mass is 16.5. The van der Waals surface area contributed by atoms with Crippen LogP contribution in [0.4, 0.5) is 0 Å². The molecule has 2 aromatic carbocycles. The van der Waals surface area contributed by atoms with Crippen molar-refractivity contribution in [3.8, 4) is 5.75 Å². The maximum absolute atomic E-state index is 13.5. The number of amides is 3. The van der Waals surface area contributed by atoms with Crippen LogP contribution in [0.3, 0.4) is 0 Å². The minimum absolute atomic E-state index is 0.0476. The Morgan fingerprint density at radius 1 is 0.950 bits per heavy atom. The van der Waals surface area contributed by atoms with Gasteiger partial charge >= 0.3 is 0 Å². The molecule has 0 heterocycles. The highest BCUT2D eigenvalue weighted by molar-refractivity contribution is 5.99. The van der Waals surface area contributed by atoms with E-state index in [2.05, 4.69) is 10.6 Å². The van der Waals surface area contributed by atoms with Gasteiger partial charge in [-0.25, -0.2) is 0 Å². The van der Waals surface area contributed by atoms with Crippen molar-refractivity contribution in [2.45, 2.75) is 72.4 Å². The molecule has 0 spiro atoms. The summed E-state index contributed by atoms with van der Waals surface area (Å²) >= 11 is 0. The van der Waals surface area contributed by atoms with Crippen LogP contribution in [0, 0.1) is 11.8 Å². The lowest BCUT2D eigenvalue weighted by Crippen LogP contribution is -2.50. The fourth-order valence-electron chi connectivity index (χ4n) is 4.57. The highest BCUT2D eigenvalue weighted by Gasteiger charge is 2.26. The van der Waals surface area contributed by atoms with Crippen LogP contribution in [0.25, 0.3) is 0 Å². The lowest BCUT2D eigenvalue weighted by atomic mass is 9.91. The molecule has 0 bridgehead atoms. The van der Waals surface area contributed by atoms with Crippen molar-refractivity contribution >= 4 is 17.7 Å². The van der Waals surface area contributed by atoms with Crippen LogP contribution in [0.5, 0.6) is 5.75 Å². The summed E-state index contributed by atoms with van der Waals surface area (Å²) in [5.41, 5.74) is 8.51. The maximum Gasteiger partial charge on any atom is 0.253 e. The van der Waals surface area contributed by atoms with E-state index in [0.717, 1.165) is 24.2 Å². The molecule has 0 aliphatic rings. The van der Waals surface area contributed by atoms with Crippen LogP contribution >= 0.6 is 0 Å². The predicted molar refractivity (Wildman–Crippen MR) is 160 cm³/mol. The molecule has 3 amide bonds. The zero-order valence-corrected chi connectivity index (χ0v) is 25.0. The first-order valence-corrected chi connectivity index (χ1v) is 14.5. The molecule has 0 aromatic heterocycles. The first kappa shape index (κ1) is 32.8. The molecule has 0 fully saturated rings. The summed E-state index contributed by atoms with van der Waals surface area (Å²) in [4.78, 5) is 41.0. The second kappa shape index (κ2) is 16.7. The summed E-state index contributed by atoms with van der Waals surface area (Å²) in [6.45, 7) is 12.0. The Morgan fingerprint density at radius 2 is 1.57 bits per heavy atom. The van der Waals surface area contributed by atoms with E-state index in [1.165, 1.54) is 0 Å². The number of nitrogens with two attached hydrogens (primary N) is 1. The number of benzene rings is 2. The largest absolute Gasteiger partial charge is 0.497 e. The van der Waals surface area contributed by atoms with E-state index < -0.39 is 12.1 Å². The topological polar surface area (TPSA) is 114 Å². The van der Waals surface area contributed by atoms with E-state index in [1.54, 1.807) is 31.4 Å². The molecule has 0 saturated heterocycles. The van der Waals surface area contributed by atoms with Gasteiger partial charge in [-0.15, -0.1) is 0 Å². The lowest BCUT2D eigenvalue weighted by Gasteiger charge is -2.27. The summed E-state index contributed by atoms with van der Waals surface area (Å²) in [7, 11) is 1.61. The van der Waals surface area contributed by atoms with Crippen molar-refractivity contribution in [1.29, 1.82) is 0 Å². The monoisotopic (exact) mass is 552 g/mol. The average Bonchev–Trinajstić information content (AvgIpc) is 2.95. The number of rotatable bonds is 16. The molecule has 0 radical (unpaired) electrons. The molecule has 220 valence electrons. The second-order valence-corrected chi connectivity index (χ2v) is 10.9. The summed E-state index contributed by atoms with van der Waals surface area (Å²) in [6, 6.07) is 13.6. The van der Waals surface area contributed by atoms with Crippen molar-refractivity contribution in [2.24, 2.45) is 17.6 Å². The molecule has 0 aliphatic heterocycles. The van der Waals surface area contributed by atoms with Crippen molar-refractivity contribution in [2.75, 3.05) is 26.7 Å². The van der Waals surface area contributed by atoms with E-state index >= 15 is 0 Å². The smallest absolute Gasteiger partial charge is 0.253 e. The normalized spacial score (nSPS) is 13.3. The van der Waals surface area contributed by atoms with Crippen LogP contribution < -0.4 is 21.1 Å². The van der Waals surface area contributed by atoms with Crippen molar-refractivity contribution in [1.82, 2.24) is 15.5 Å². The second-order valence-electron chi connectivity index (χ2n) is 10.9. The Hall–Kier alpha value is -3.39. The number of nitrogens with zero attached hydrogens (tertiary/aromatic N) is 1. The SMILES string of the molecule is CCCN(CCC)C(=O)c1cccc(C(=O)N[C@@H](Cc2ccc(OC)cc2)[C@@H](N)C[C@@H](C)C(=O)NCC(C)C)c1. The summed E-state index contributed by atoms with van der Waals surface area (Å²) in [5, 5.41) is 6.07. The van der Waals surface area contributed by atoms with Crippen LogP contribution in [-0.2, 0) is 11.2 Å². The number of nitrogens with one attached hydrogen (secondary N) is 2. The lowest BCUT2D eigenvalue weighted by molar-refractivity contribution is -0.125. The number of hydrogen-bond acceptors (Lipinski definition) is 5. The van der Waals surface area contributed by atoms with Gasteiger partial charge in [-0.1, -0.05) is 52.8 Å². The highest BCUT2D eigenvalue weighted by Crippen LogP contribution is 2.17. The van der Waals surface area contributed by atoms with Gasteiger partial charge in [-0.05, 0) is 67.5 Å².